The SMILES string of the molecule is CCOC(=O)C1CCN(C(=O)CNc2cccc(C(=O)N(C)C)c2)CC1. The van der Waals surface area contributed by atoms with Gasteiger partial charge in [0, 0.05) is 38.4 Å². The van der Waals surface area contributed by atoms with Crippen molar-refractivity contribution >= 4 is 23.5 Å². The molecule has 0 bridgehead atoms. The Labute approximate surface area is 154 Å². The number of nitrogens with zero attached hydrogens (tertiary/aromatic N) is 2. The number of anilines is 1. The Morgan fingerprint density at radius 1 is 1.23 bits per heavy atom. The maximum atomic E-state index is 12.4. The molecule has 0 saturated carbocycles. The lowest BCUT2D eigenvalue weighted by atomic mass is 9.97. The van der Waals surface area contributed by atoms with Crippen LogP contribution < -0.4 is 5.32 Å². The molecule has 0 aromatic heterocycles. The van der Waals surface area contributed by atoms with Crippen molar-refractivity contribution in [3.63, 3.8) is 0 Å². The Morgan fingerprint density at radius 3 is 2.54 bits per heavy atom. The van der Waals surface area contributed by atoms with Gasteiger partial charge in [0.1, 0.15) is 0 Å². The number of amides is 2. The van der Waals surface area contributed by atoms with Crippen LogP contribution in [0, 0.1) is 5.92 Å². The summed E-state index contributed by atoms with van der Waals surface area (Å²) in [5, 5.41) is 3.08. The number of carbonyl (C=O) groups excluding carboxylic acids is 3. The first-order valence-electron chi connectivity index (χ1n) is 8.92. The first-order valence-corrected chi connectivity index (χ1v) is 8.92. The van der Waals surface area contributed by atoms with E-state index in [0.717, 1.165) is 5.69 Å². The van der Waals surface area contributed by atoms with Gasteiger partial charge in [-0.05, 0) is 38.0 Å². The summed E-state index contributed by atoms with van der Waals surface area (Å²) in [4.78, 5) is 39.4. The molecule has 26 heavy (non-hydrogen) atoms. The van der Waals surface area contributed by atoms with Gasteiger partial charge >= 0.3 is 5.97 Å². The molecule has 1 aliphatic rings. The third-order valence-electron chi connectivity index (χ3n) is 4.43. The number of piperidine rings is 1. The molecular weight excluding hydrogens is 334 g/mol. The Bertz CT molecular complexity index is 652. The van der Waals surface area contributed by atoms with E-state index in [0.29, 0.717) is 38.1 Å². The highest BCUT2D eigenvalue weighted by molar-refractivity contribution is 5.95. The molecular formula is C19H27N3O4. The lowest BCUT2D eigenvalue weighted by Crippen LogP contribution is -2.43. The maximum absolute atomic E-state index is 12.4. The molecule has 1 heterocycles. The van der Waals surface area contributed by atoms with Crippen molar-refractivity contribution < 1.29 is 19.1 Å². The fourth-order valence-corrected chi connectivity index (χ4v) is 2.93. The van der Waals surface area contributed by atoms with Crippen LogP contribution in [-0.4, -0.2) is 67.9 Å². The van der Waals surface area contributed by atoms with Crippen LogP contribution in [0.5, 0.6) is 0 Å². The van der Waals surface area contributed by atoms with E-state index in [4.69, 9.17) is 4.74 Å². The highest BCUT2D eigenvalue weighted by Gasteiger charge is 2.27. The van der Waals surface area contributed by atoms with Gasteiger partial charge in [-0.2, -0.15) is 0 Å². The molecule has 0 unspecified atom stereocenters. The van der Waals surface area contributed by atoms with E-state index in [1.807, 2.05) is 6.07 Å². The molecule has 142 valence electrons. The van der Waals surface area contributed by atoms with Gasteiger partial charge in [0.05, 0.1) is 19.1 Å². The average molecular weight is 361 g/mol. The number of rotatable bonds is 6. The Morgan fingerprint density at radius 2 is 1.92 bits per heavy atom. The minimum Gasteiger partial charge on any atom is -0.466 e. The van der Waals surface area contributed by atoms with Crippen LogP contribution in [-0.2, 0) is 14.3 Å². The van der Waals surface area contributed by atoms with Crippen molar-refractivity contribution in [1.29, 1.82) is 0 Å². The minimum absolute atomic E-state index is 0.0170. The van der Waals surface area contributed by atoms with Crippen molar-refractivity contribution in [1.82, 2.24) is 9.80 Å². The van der Waals surface area contributed by atoms with Gasteiger partial charge in [0.2, 0.25) is 5.91 Å². The summed E-state index contributed by atoms with van der Waals surface area (Å²) in [7, 11) is 3.40. The fourth-order valence-electron chi connectivity index (χ4n) is 2.93. The monoisotopic (exact) mass is 361 g/mol. The molecule has 1 N–H and O–H groups in total. The van der Waals surface area contributed by atoms with Crippen LogP contribution >= 0.6 is 0 Å². The van der Waals surface area contributed by atoms with Crippen LogP contribution in [0.1, 0.15) is 30.1 Å². The van der Waals surface area contributed by atoms with E-state index in [-0.39, 0.29) is 30.2 Å². The van der Waals surface area contributed by atoms with Gasteiger partial charge in [0.15, 0.2) is 0 Å². The van der Waals surface area contributed by atoms with E-state index in [1.165, 1.54) is 4.90 Å². The number of hydrogen-bond acceptors (Lipinski definition) is 5. The largest absolute Gasteiger partial charge is 0.466 e. The second-order valence-corrected chi connectivity index (χ2v) is 6.54. The Kier molecular flexibility index (Phi) is 7.00. The van der Waals surface area contributed by atoms with Crippen LogP contribution in [0.2, 0.25) is 0 Å². The number of nitrogens with one attached hydrogen (secondary N) is 1. The number of likely N-dealkylation sites (tertiary alicyclic amines) is 1. The molecule has 1 aromatic rings. The van der Waals surface area contributed by atoms with E-state index >= 15 is 0 Å². The number of carbonyl (C=O) groups is 3. The van der Waals surface area contributed by atoms with Crippen molar-refractivity contribution in [2.24, 2.45) is 5.92 Å². The maximum Gasteiger partial charge on any atom is 0.309 e. The second-order valence-electron chi connectivity index (χ2n) is 6.54. The van der Waals surface area contributed by atoms with Gasteiger partial charge in [0.25, 0.3) is 5.91 Å². The standard InChI is InChI=1S/C19H27N3O4/c1-4-26-19(25)14-8-10-22(11-9-14)17(23)13-20-16-7-5-6-15(12-16)18(24)21(2)3/h5-7,12,14,20H,4,8-11,13H2,1-3H3. The summed E-state index contributed by atoms with van der Waals surface area (Å²) in [6.07, 6.45) is 1.27. The van der Waals surface area contributed by atoms with Crippen molar-refractivity contribution in [3.05, 3.63) is 29.8 Å². The minimum atomic E-state index is -0.167. The van der Waals surface area contributed by atoms with Crippen LogP contribution in [0.15, 0.2) is 24.3 Å². The molecule has 0 aliphatic carbocycles. The summed E-state index contributed by atoms with van der Waals surface area (Å²) in [5.74, 6) is -0.376. The van der Waals surface area contributed by atoms with Gasteiger partial charge in [-0.25, -0.2) is 0 Å². The van der Waals surface area contributed by atoms with Crippen LogP contribution in [0.4, 0.5) is 5.69 Å². The molecule has 0 atom stereocenters. The van der Waals surface area contributed by atoms with Crippen LogP contribution in [0.25, 0.3) is 0 Å². The molecule has 1 aliphatic heterocycles. The first kappa shape index (κ1) is 19.8. The number of benzene rings is 1. The lowest BCUT2D eigenvalue weighted by molar-refractivity contribution is -0.151. The smallest absolute Gasteiger partial charge is 0.309 e. The fraction of sp³-hybridized carbons (Fsp3) is 0.526. The van der Waals surface area contributed by atoms with Gasteiger partial charge in [-0.1, -0.05) is 6.07 Å². The van der Waals surface area contributed by atoms with E-state index < -0.39 is 0 Å². The first-order chi connectivity index (χ1) is 12.4. The van der Waals surface area contributed by atoms with E-state index in [1.54, 1.807) is 44.1 Å². The zero-order chi connectivity index (χ0) is 19.1. The molecule has 1 saturated heterocycles. The lowest BCUT2D eigenvalue weighted by Gasteiger charge is -2.31. The van der Waals surface area contributed by atoms with Crippen molar-refractivity contribution in [3.8, 4) is 0 Å². The van der Waals surface area contributed by atoms with E-state index in [2.05, 4.69) is 5.32 Å². The zero-order valence-corrected chi connectivity index (χ0v) is 15.7. The molecule has 1 fully saturated rings. The summed E-state index contributed by atoms with van der Waals surface area (Å²) in [5.41, 5.74) is 1.30. The third kappa shape index (κ3) is 5.21. The molecule has 7 nitrogen and oxygen atoms in total. The normalized spacial score (nSPS) is 14.7. The van der Waals surface area contributed by atoms with Crippen LogP contribution in [0.3, 0.4) is 0 Å². The summed E-state index contributed by atoms with van der Waals surface area (Å²) >= 11 is 0. The summed E-state index contributed by atoms with van der Waals surface area (Å²) in [6.45, 7) is 3.45. The number of ether oxygens (including phenoxy) is 1. The predicted octanol–water partition coefficient (Wildman–Crippen LogP) is 1.60. The van der Waals surface area contributed by atoms with Crippen molar-refractivity contribution in [2.45, 2.75) is 19.8 Å². The molecule has 0 radical (unpaired) electrons. The Hall–Kier alpha value is -2.57. The average Bonchev–Trinajstić information content (AvgIpc) is 2.66. The predicted molar refractivity (Wildman–Crippen MR) is 98.9 cm³/mol. The van der Waals surface area contributed by atoms with E-state index in [9.17, 15) is 14.4 Å². The number of hydrogen-bond donors (Lipinski definition) is 1. The molecule has 0 spiro atoms. The van der Waals surface area contributed by atoms with Crippen molar-refractivity contribution in [2.75, 3.05) is 45.7 Å². The summed E-state index contributed by atoms with van der Waals surface area (Å²) < 4.78 is 5.04. The molecule has 2 rings (SSSR count). The summed E-state index contributed by atoms with van der Waals surface area (Å²) in [6, 6.07) is 7.10. The number of esters is 1. The molecule has 7 heteroatoms. The van der Waals surface area contributed by atoms with Gasteiger partial charge < -0.3 is 19.9 Å². The zero-order valence-electron chi connectivity index (χ0n) is 15.7. The van der Waals surface area contributed by atoms with Gasteiger partial charge in [-0.3, -0.25) is 14.4 Å². The highest BCUT2D eigenvalue weighted by Crippen LogP contribution is 2.19. The topological polar surface area (TPSA) is 79.0 Å². The highest BCUT2D eigenvalue weighted by atomic mass is 16.5. The molecule has 2 amide bonds. The quantitative estimate of drug-likeness (QED) is 0.779. The van der Waals surface area contributed by atoms with Gasteiger partial charge in [-0.15, -0.1) is 0 Å². The Balaban J connectivity index is 1.83. The molecule has 1 aromatic carbocycles. The second kappa shape index (κ2) is 9.22. The third-order valence-corrected chi connectivity index (χ3v) is 4.43.